The summed E-state index contributed by atoms with van der Waals surface area (Å²) in [6.45, 7) is 7.10. The monoisotopic (exact) mass is 222 g/mol. The van der Waals surface area contributed by atoms with Gasteiger partial charge in [-0.15, -0.1) is 0 Å². The molecule has 0 saturated carbocycles. The number of hydrogen-bond acceptors (Lipinski definition) is 1. The van der Waals surface area contributed by atoms with Crippen LogP contribution < -0.4 is 5.19 Å². The van der Waals surface area contributed by atoms with Gasteiger partial charge in [0.25, 0.3) is 0 Å². The van der Waals surface area contributed by atoms with Crippen LogP contribution in [0.1, 0.15) is 5.56 Å². The molecule has 0 aliphatic rings. The van der Waals surface area contributed by atoms with E-state index < -0.39 is 8.07 Å². The van der Waals surface area contributed by atoms with E-state index in [1.807, 2.05) is 0 Å². The van der Waals surface area contributed by atoms with Crippen LogP contribution in [-0.2, 0) is 0 Å². The lowest BCUT2D eigenvalue weighted by atomic mass is 10.2. The number of thiol groups is 1. The first-order chi connectivity index (χ1) is 6.54. The Bertz CT molecular complexity index is 306. The topological polar surface area (TPSA) is 0 Å². The van der Waals surface area contributed by atoms with E-state index in [9.17, 15) is 0 Å². The molecule has 76 valence electrons. The first-order valence-electron chi connectivity index (χ1n) is 4.92. The van der Waals surface area contributed by atoms with Gasteiger partial charge in [0.05, 0.1) is 8.07 Å². The Morgan fingerprint density at radius 1 is 1.14 bits per heavy atom. The predicted octanol–water partition coefficient (Wildman–Crippen LogP) is 3.17. The number of benzene rings is 1. The summed E-state index contributed by atoms with van der Waals surface area (Å²) in [5.41, 5.74) is 1.26. The van der Waals surface area contributed by atoms with Gasteiger partial charge >= 0.3 is 0 Å². The molecule has 0 bridgehead atoms. The van der Waals surface area contributed by atoms with Crippen LogP contribution in [0.4, 0.5) is 0 Å². The summed E-state index contributed by atoms with van der Waals surface area (Å²) in [7, 11) is -1.13. The Kier molecular flexibility index (Phi) is 4.02. The van der Waals surface area contributed by atoms with Crippen LogP contribution in [0.5, 0.6) is 0 Å². The molecule has 0 saturated heterocycles. The van der Waals surface area contributed by atoms with Gasteiger partial charge in [-0.1, -0.05) is 61.2 Å². The molecular formula is C12H18SSi. The second kappa shape index (κ2) is 4.85. The van der Waals surface area contributed by atoms with Crippen molar-refractivity contribution in [2.45, 2.75) is 19.6 Å². The van der Waals surface area contributed by atoms with Crippen molar-refractivity contribution in [2.24, 2.45) is 0 Å². The molecule has 0 amide bonds. The molecule has 14 heavy (non-hydrogen) atoms. The molecule has 0 fully saturated rings. The maximum Gasteiger partial charge on any atom is 0.0775 e. The van der Waals surface area contributed by atoms with Gasteiger partial charge in [-0.25, -0.2) is 0 Å². The summed E-state index contributed by atoms with van der Waals surface area (Å²) >= 11 is 4.14. The fraction of sp³-hybridized carbons (Fsp3) is 0.333. The SMILES string of the molecule is C[Si](C)(C)c1ccc(C=CCS)cc1. The van der Waals surface area contributed by atoms with Crippen LogP contribution in [0.25, 0.3) is 6.08 Å². The van der Waals surface area contributed by atoms with Crippen LogP contribution in [0, 0.1) is 0 Å². The normalized spacial score (nSPS) is 12.3. The van der Waals surface area contributed by atoms with Gasteiger partial charge in [0, 0.05) is 5.75 Å². The maximum atomic E-state index is 4.14. The molecule has 0 aliphatic carbocycles. The third kappa shape index (κ3) is 3.35. The summed E-state index contributed by atoms with van der Waals surface area (Å²) in [6, 6.07) is 8.88. The van der Waals surface area contributed by atoms with E-state index in [0.717, 1.165) is 5.75 Å². The molecule has 0 atom stereocenters. The lowest BCUT2D eigenvalue weighted by Gasteiger charge is -2.16. The number of hydrogen-bond donors (Lipinski definition) is 1. The average molecular weight is 222 g/mol. The Hall–Kier alpha value is -0.473. The van der Waals surface area contributed by atoms with Gasteiger partial charge in [0.15, 0.2) is 0 Å². The Morgan fingerprint density at radius 3 is 2.14 bits per heavy atom. The minimum atomic E-state index is -1.13. The Morgan fingerprint density at radius 2 is 1.71 bits per heavy atom. The molecule has 0 aromatic heterocycles. The molecule has 0 unspecified atom stereocenters. The van der Waals surface area contributed by atoms with Crippen molar-refractivity contribution < 1.29 is 0 Å². The van der Waals surface area contributed by atoms with E-state index in [1.54, 1.807) is 0 Å². The molecule has 0 heterocycles. The fourth-order valence-electron chi connectivity index (χ4n) is 1.28. The third-order valence-corrected chi connectivity index (χ3v) is 4.47. The molecule has 2 heteroatoms. The summed E-state index contributed by atoms with van der Waals surface area (Å²) < 4.78 is 0. The smallest absolute Gasteiger partial charge is 0.0775 e. The highest BCUT2D eigenvalue weighted by atomic mass is 32.1. The molecule has 0 N–H and O–H groups in total. The first-order valence-corrected chi connectivity index (χ1v) is 9.05. The minimum absolute atomic E-state index is 0.801. The van der Waals surface area contributed by atoms with Gasteiger partial charge < -0.3 is 0 Å². The zero-order valence-electron chi connectivity index (χ0n) is 9.12. The van der Waals surface area contributed by atoms with Crippen molar-refractivity contribution in [1.82, 2.24) is 0 Å². The quantitative estimate of drug-likeness (QED) is 0.589. The lowest BCUT2D eigenvalue weighted by Crippen LogP contribution is -2.37. The molecule has 0 nitrogen and oxygen atoms in total. The zero-order chi connectivity index (χ0) is 10.6. The first kappa shape index (κ1) is 11.6. The number of rotatable bonds is 3. The predicted molar refractivity (Wildman–Crippen MR) is 72.3 cm³/mol. The average Bonchev–Trinajstić information content (AvgIpc) is 2.14. The second-order valence-electron chi connectivity index (χ2n) is 4.46. The van der Waals surface area contributed by atoms with Crippen LogP contribution in [0.15, 0.2) is 30.3 Å². The third-order valence-electron chi connectivity index (χ3n) is 2.19. The summed E-state index contributed by atoms with van der Waals surface area (Å²) in [4.78, 5) is 0. The highest BCUT2D eigenvalue weighted by molar-refractivity contribution is 7.80. The highest BCUT2D eigenvalue weighted by Gasteiger charge is 2.14. The minimum Gasteiger partial charge on any atom is -0.175 e. The van der Waals surface area contributed by atoms with Gasteiger partial charge in [-0.3, -0.25) is 0 Å². The van der Waals surface area contributed by atoms with E-state index in [-0.39, 0.29) is 0 Å². The van der Waals surface area contributed by atoms with Crippen LogP contribution in [0.3, 0.4) is 0 Å². The summed E-state index contributed by atoms with van der Waals surface area (Å²) in [6.07, 6.45) is 4.17. The Labute approximate surface area is 93.5 Å². The molecule has 0 aliphatic heterocycles. The molecule has 1 rings (SSSR count). The molecule has 1 aromatic rings. The zero-order valence-corrected chi connectivity index (χ0v) is 11.0. The van der Waals surface area contributed by atoms with Crippen molar-refractivity contribution in [3.05, 3.63) is 35.9 Å². The largest absolute Gasteiger partial charge is 0.175 e. The van der Waals surface area contributed by atoms with Gasteiger partial charge in [-0.2, -0.15) is 12.6 Å². The van der Waals surface area contributed by atoms with E-state index in [2.05, 4.69) is 68.7 Å². The lowest BCUT2D eigenvalue weighted by molar-refractivity contribution is 1.64. The van der Waals surface area contributed by atoms with E-state index in [1.165, 1.54) is 10.8 Å². The Balaban J connectivity index is 2.84. The molecule has 0 radical (unpaired) electrons. The van der Waals surface area contributed by atoms with Crippen molar-refractivity contribution in [3.63, 3.8) is 0 Å². The maximum absolute atomic E-state index is 4.14. The molecular weight excluding hydrogens is 204 g/mol. The second-order valence-corrected chi connectivity index (χ2v) is 9.90. The molecule has 1 aromatic carbocycles. The van der Waals surface area contributed by atoms with E-state index in [0.29, 0.717) is 0 Å². The van der Waals surface area contributed by atoms with Gasteiger partial charge in [0.2, 0.25) is 0 Å². The van der Waals surface area contributed by atoms with Crippen LogP contribution in [0.2, 0.25) is 19.6 Å². The molecule has 0 spiro atoms. The van der Waals surface area contributed by atoms with Gasteiger partial charge in [-0.05, 0) is 5.56 Å². The van der Waals surface area contributed by atoms with E-state index in [4.69, 9.17) is 0 Å². The summed E-state index contributed by atoms with van der Waals surface area (Å²) in [5, 5.41) is 1.51. The standard InChI is InChI=1S/C12H18SSi/c1-14(2,3)12-8-6-11(7-9-12)5-4-10-13/h4-9,13H,10H2,1-3H3. The van der Waals surface area contributed by atoms with Crippen molar-refractivity contribution in [3.8, 4) is 0 Å². The summed E-state index contributed by atoms with van der Waals surface area (Å²) in [5.74, 6) is 0.801. The van der Waals surface area contributed by atoms with Crippen LogP contribution in [-0.4, -0.2) is 13.8 Å². The van der Waals surface area contributed by atoms with E-state index >= 15 is 0 Å². The van der Waals surface area contributed by atoms with Crippen LogP contribution >= 0.6 is 12.6 Å². The van der Waals surface area contributed by atoms with Crippen molar-refractivity contribution in [2.75, 3.05) is 5.75 Å². The van der Waals surface area contributed by atoms with Crippen molar-refractivity contribution >= 4 is 32.0 Å². The fourth-order valence-corrected chi connectivity index (χ4v) is 2.56. The van der Waals surface area contributed by atoms with Crippen molar-refractivity contribution in [1.29, 1.82) is 0 Å². The highest BCUT2D eigenvalue weighted by Crippen LogP contribution is 2.05. The van der Waals surface area contributed by atoms with Gasteiger partial charge in [0.1, 0.15) is 0 Å².